The summed E-state index contributed by atoms with van der Waals surface area (Å²) in [5.74, 6) is 0.216. The Bertz CT molecular complexity index is 552. The molecule has 2 rings (SSSR count). The SMILES string of the molecule is O=c1cc(CSc2ccc(F)cc2Cl)[nH][nH]1. The van der Waals surface area contributed by atoms with Gasteiger partial charge in [-0.1, -0.05) is 11.6 Å². The zero-order chi connectivity index (χ0) is 11.5. The summed E-state index contributed by atoms with van der Waals surface area (Å²) in [6, 6.07) is 5.72. The number of nitrogens with one attached hydrogen (secondary N) is 2. The quantitative estimate of drug-likeness (QED) is 0.832. The van der Waals surface area contributed by atoms with Crippen molar-refractivity contribution in [3.8, 4) is 0 Å². The Morgan fingerprint density at radius 2 is 2.12 bits per heavy atom. The molecule has 16 heavy (non-hydrogen) atoms. The average Bonchev–Trinajstić information content (AvgIpc) is 2.63. The molecule has 0 aliphatic carbocycles. The van der Waals surface area contributed by atoms with Crippen LogP contribution in [-0.2, 0) is 5.75 Å². The highest BCUT2D eigenvalue weighted by Gasteiger charge is 2.04. The molecule has 0 aliphatic heterocycles. The molecule has 0 fully saturated rings. The molecule has 0 radical (unpaired) electrons. The van der Waals surface area contributed by atoms with Gasteiger partial charge in [0.25, 0.3) is 5.56 Å². The topological polar surface area (TPSA) is 48.6 Å². The van der Waals surface area contributed by atoms with Crippen LogP contribution in [0.25, 0.3) is 0 Å². The third kappa shape index (κ3) is 2.68. The summed E-state index contributed by atoms with van der Waals surface area (Å²) in [5.41, 5.74) is 0.608. The molecule has 1 aromatic carbocycles. The molecule has 0 saturated carbocycles. The zero-order valence-electron chi connectivity index (χ0n) is 8.09. The summed E-state index contributed by atoms with van der Waals surface area (Å²) in [4.78, 5) is 11.6. The van der Waals surface area contributed by atoms with Gasteiger partial charge in [-0.15, -0.1) is 11.8 Å². The molecule has 0 unspecified atom stereocenters. The summed E-state index contributed by atoms with van der Waals surface area (Å²) in [6.07, 6.45) is 0. The highest BCUT2D eigenvalue weighted by molar-refractivity contribution is 7.98. The third-order valence-electron chi connectivity index (χ3n) is 1.93. The second-order valence-electron chi connectivity index (χ2n) is 3.15. The molecular weight excluding hydrogens is 251 g/mol. The number of rotatable bonds is 3. The fourth-order valence-electron chi connectivity index (χ4n) is 1.20. The van der Waals surface area contributed by atoms with Gasteiger partial charge in [0.15, 0.2) is 0 Å². The fourth-order valence-corrected chi connectivity index (χ4v) is 2.36. The lowest BCUT2D eigenvalue weighted by Gasteiger charge is -2.02. The minimum Gasteiger partial charge on any atom is -0.301 e. The minimum atomic E-state index is -0.357. The molecule has 6 heteroatoms. The van der Waals surface area contributed by atoms with Gasteiger partial charge >= 0.3 is 0 Å². The van der Waals surface area contributed by atoms with E-state index in [1.807, 2.05) is 0 Å². The Kier molecular flexibility index (Phi) is 3.36. The van der Waals surface area contributed by atoms with Gasteiger partial charge in [0, 0.05) is 22.4 Å². The van der Waals surface area contributed by atoms with Crippen LogP contribution in [0.2, 0.25) is 5.02 Å². The molecule has 0 amide bonds. The number of aromatic nitrogens is 2. The van der Waals surface area contributed by atoms with Crippen LogP contribution in [0.15, 0.2) is 34.0 Å². The molecular formula is C10H8ClFN2OS. The van der Waals surface area contributed by atoms with Crippen molar-refractivity contribution in [3.05, 3.63) is 51.2 Å². The maximum atomic E-state index is 12.8. The molecule has 0 bridgehead atoms. The lowest BCUT2D eigenvalue weighted by atomic mass is 10.3. The van der Waals surface area contributed by atoms with Crippen LogP contribution in [-0.4, -0.2) is 10.2 Å². The third-order valence-corrected chi connectivity index (χ3v) is 3.48. The molecule has 1 heterocycles. The summed E-state index contributed by atoms with van der Waals surface area (Å²) in [7, 11) is 0. The van der Waals surface area contributed by atoms with E-state index in [-0.39, 0.29) is 11.4 Å². The van der Waals surface area contributed by atoms with Crippen LogP contribution in [0, 0.1) is 5.82 Å². The van der Waals surface area contributed by atoms with Crippen LogP contribution in [0.5, 0.6) is 0 Å². The number of H-pyrrole nitrogens is 2. The number of thioether (sulfide) groups is 1. The second-order valence-corrected chi connectivity index (χ2v) is 4.57. The van der Waals surface area contributed by atoms with Gasteiger partial charge in [0.2, 0.25) is 0 Å². The first-order valence-electron chi connectivity index (χ1n) is 4.49. The first-order chi connectivity index (χ1) is 7.65. The number of halogens is 2. The fraction of sp³-hybridized carbons (Fsp3) is 0.100. The van der Waals surface area contributed by atoms with Crippen LogP contribution in [0.4, 0.5) is 4.39 Å². The largest absolute Gasteiger partial charge is 0.301 e. The van der Waals surface area contributed by atoms with Crippen LogP contribution >= 0.6 is 23.4 Å². The second kappa shape index (κ2) is 4.76. The molecule has 0 spiro atoms. The monoisotopic (exact) mass is 258 g/mol. The minimum absolute atomic E-state index is 0.166. The Balaban J connectivity index is 2.07. The van der Waals surface area contributed by atoms with Gasteiger partial charge in [0.05, 0.1) is 5.02 Å². The van der Waals surface area contributed by atoms with Crippen molar-refractivity contribution < 1.29 is 4.39 Å². The number of aromatic amines is 2. The Morgan fingerprint density at radius 1 is 1.31 bits per heavy atom. The lowest BCUT2D eigenvalue weighted by molar-refractivity contribution is 0.626. The highest BCUT2D eigenvalue weighted by atomic mass is 35.5. The van der Waals surface area contributed by atoms with Crippen molar-refractivity contribution in [3.63, 3.8) is 0 Å². The summed E-state index contributed by atoms with van der Waals surface area (Å²) < 4.78 is 12.8. The molecule has 0 aliphatic rings. The molecule has 0 saturated heterocycles. The van der Waals surface area contributed by atoms with Gasteiger partial charge in [-0.25, -0.2) is 4.39 Å². The predicted molar refractivity (Wildman–Crippen MR) is 62.4 cm³/mol. The van der Waals surface area contributed by atoms with Crippen molar-refractivity contribution >= 4 is 23.4 Å². The van der Waals surface area contributed by atoms with E-state index in [2.05, 4.69) is 10.2 Å². The van der Waals surface area contributed by atoms with E-state index in [9.17, 15) is 9.18 Å². The molecule has 2 aromatic rings. The van der Waals surface area contributed by atoms with E-state index in [0.29, 0.717) is 10.8 Å². The average molecular weight is 259 g/mol. The van der Waals surface area contributed by atoms with Crippen LogP contribution < -0.4 is 5.56 Å². The predicted octanol–water partition coefficient (Wildman–Crippen LogP) is 2.79. The molecule has 0 atom stereocenters. The highest BCUT2D eigenvalue weighted by Crippen LogP contribution is 2.29. The van der Waals surface area contributed by atoms with Crippen LogP contribution in [0.1, 0.15) is 5.69 Å². The molecule has 1 aromatic heterocycles. The normalized spacial score (nSPS) is 10.6. The summed E-state index contributed by atoms with van der Waals surface area (Å²) in [5, 5.41) is 5.55. The van der Waals surface area contributed by atoms with E-state index in [1.54, 1.807) is 6.07 Å². The smallest absolute Gasteiger partial charge is 0.264 e. The van der Waals surface area contributed by atoms with E-state index < -0.39 is 0 Å². The number of hydrogen-bond donors (Lipinski definition) is 2. The summed E-state index contributed by atoms with van der Waals surface area (Å²) >= 11 is 7.29. The van der Waals surface area contributed by atoms with Gasteiger partial charge in [0.1, 0.15) is 5.82 Å². The van der Waals surface area contributed by atoms with Gasteiger partial charge in [-0.05, 0) is 18.2 Å². The van der Waals surface area contributed by atoms with Crippen molar-refractivity contribution in [1.29, 1.82) is 0 Å². The van der Waals surface area contributed by atoms with E-state index in [0.717, 1.165) is 10.6 Å². The van der Waals surface area contributed by atoms with Gasteiger partial charge in [-0.3, -0.25) is 9.89 Å². The molecule has 84 valence electrons. The van der Waals surface area contributed by atoms with Crippen molar-refractivity contribution in [2.75, 3.05) is 0 Å². The Morgan fingerprint density at radius 3 is 2.75 bits per heavy atom. The van der Waals surface area contributed by atoms with E-state index in [1.165, 1.54) is 30.0 Å². The van der Waals surface area contributed by atoms with Crippen molar-refractivity contribution in [1.82, 2.24) is 10.2 Å². The first kappa shape index (κ1) is 11.3. The van der Waals surface area contributed by atoms with Gasteiger partial charge in [-0.2, -0.15) is 0 Å². The number of hydrogen-bond acceptors (Lipinski definition) is 2. The summed E-state index contributed by atoms with van der Waals surface area (Å²) in [6.45, 7) is 0. The maximum absolute atomic E-state index is 12.8. The zero-order valence-corrected chi connectivity index (χ0v) is 9.66. The number of benzene rings is 1. The Hall–Kier alpha value is -1.20. The first-order valence-corrected chi connectivity index (χ1v) is 5.86. The molecule has 2 N–H and O–H groups in total. The maximum Gasteiger partial charge on any atom is 0.264 e. The van der Waals surface area contributed by atoms with Crippen LogP contribution in [0.3, 0.4) is 0 Å². The standard InChI is InChI=1S/C10H8ClFN2OS/c11-8-3-6(12)1-2-9(8)16-5-7-4-10(15)14-13-7/h1-4H,5H2,(H2,13,14,15). The molecule has 3 nitrogen and oxygen atoms in total. The lowest BCUT2D eigenvalue weighted by Crippen LogP contribution is -1.93. The Labute approximate surface area is 100 Å². The van der Waals surface area contributed by atoms with Crippen molar-refractivity contribution in [2.24, 2.45) is 0 Å². The van der Waals surface area contributed by atoms with Gasteiger partial charge < -0.3 is 5.10 Å². The van der Waals surface area contributed by atoms with E-state index >= 15 is 0 Å². The van der Waals surface area contributed by atoms with E-state index in [4.69, 9.17) is 11.6 Å². The van der Waals surface area contributed by atoms with Crippen molar-refractivity contribution in [2.45, 2.75) is 10.6 Å².